The maximum Gasteiger partial charge on any atom is 0.241 e. The van der Waals surface area contributed by atoms with Crippen LogP contribution in [0.4, 0.5) is 5.69 Å². The van der Waals surface area contributed by atoms with Gasteiger partial charge in [-0.1, -0.05) is 26.8 Å². The summed E-state index contributed by atoms with van der Waals surface area (Å²) in [6, 6.07) is 11.3. The number of carbonyl (C=O) groups excluding carboxylic acids is 1. The normalized spacial score (nSPS) is 11.7. The van der Waals surface area contributed by atoms with Crippen molar-refractivity contribution >= 4 is 48.2 Å². The zero-order valence-corrected chi connectivity index (χ0v) is 17.0. The van der Waals surface area contributed by atoms with Crippen molar-refractivity contribution in [2.24, 2.45) is 11.1 Å². The monoisotopic (exact) mass is 401 g/mol. The van der Waals surface area contributed by atoms with E-state index in [4.69, 9.17) is 5.73 Å². The van der Waals surface area contributed by atoms with Gasteiger partial charge < -0.3 is 11.1 Å². The van der Waals surface area contributed by atoms with Crippen LogP contribution in [0.1, 0.15) is 26.3 Å². The van der Waals surface area contributed by atoms with E-state index in [1.54, 1.807) is 18.0 Å². The van der Waals surface area contributed by atoms with Gasteiger partial charge >= 0.3 is 0 Å². The summed E-state index contributed by atoms with van der Waals surface area (Å²) in [5.41, 5.74) is 7.65. The third-order valence-electron chi connectivity index (χ3n) is 3.47. The Kier molecular flexibility index (Phi) is 10.1. The van der Waals surface area contributed by atoms with E-state index in [9.17, 15) is 4.79 Å². The fourth-order valence-corrected chi connectivity index (χ4v) is 2.73. The lowest BCUT2D eigenvalue weighted by Gasteiger charge is -2.25. The van der Waals surface area contributed by atoms with Gasteiger partial charge in [-0.3, -0.25) is 9.78 Å². The molecule has 0 aliphatic heterocycles. The Bertz CT molecular complexity index is 646. The smallest absolute Gasteiger partial charge is 0.241 e. The van der Waals surface area contributed by atoms with E-state index in [0.29, 0.717) is 0 Å². The zero-order chi connectivity index (χ0) is 16.9. The van der Waals surface area contributed by atoms with Gasteiger partial charge in [-0.25, -0.2) is 0 Å². The summed E-state index contributed by atoms with van der Waals surface area (Å²) in [5.74, 6) is 0.710. The minimum atomic E-state index is -0.540. The van der Waals surface area contributed by atoms with Crippen molar-refractivity contribution in [3.8, 4) is 0 Å². The molecule has 1 aromatic carbocycles. The molecule has 7 heteroatoms. The number of nitrogens with one attached hydrogen (secondary N) is 1. The van der Waals surface area contributed by atoms with E-state index >= 15 is 0 Å². The van der Waals surface area contributed by atoms with Crippen molar-refractivity contribution in [3.05, 3.63) is 54.4 Å². The first-order chi connectivity index (χ1) is 10.9. The quantitative estimate of drug-likeness (QED) is 0.721. The summed E-state index contributed by atoms with van der Waals surface area (Å²) in [6.07, 6.45) is 3.64. The first-order valence-corrected chi connectivity index (χ1v) is 8.53. The second-order valence-corrected chi connectivity index (χ2v) is 7.56. The zero-order valence-electron chi connectivity index (χ0n) is 14.6. The molecule has 0 bridgehead atoms. The molecular formula is C18H25Cl2N3OS. The van der Waals surface area contributed by atoms with Gasteiger partial charge in [0.2, 0.25) is 5.91 Å². The highest BCUT2D eigenvalue weighted by Gasteiger charge is 2.27. The minimum absolute atomic E-state index is 0. The van der Waals surface area contributed by atoms with Crippen LogP contribution in [-0.2, 0) is 10.5 Å². The standard InChI is InChI=1S/C18H23N3OS.2ClH/c1-18(2,3)16(19)17(22)21-14-6-8-15(9-7-14)23-12-13-5-4-10-20-11-13;;/h4-11,16H,12,19H2,1-3H3,(H,21,22);2*1H/t16-;;/m1../s1. The number of carbonyl (C=O) groups is 1. The van der Waals surface area contributed by atoms with Crippen LogP contribution in [0.5, 0.6) is 0 Å². The topological polar surface area (TPSA) is 68.0 Å². The molecule has 3 N–H and O–H groups in total. The maximum atomic E-state index is 12.1. The molecule has 0 aliphatic carbocycles. The van der Waals surface area contributed by atoms with E-state index in [2.05, 4.69) is 16.4 Å². The number of hydrogen-bond donors (Lipinski definition) is 2. The van der Waals surface area contributed by atoms with E-state index in [0.717, 1.165) is 16.3 Å². The number of rotatable bonds is 5. The first-order valence-electron chi connectivity index (χ1n) is 7.54. The molecule has 1 aromatic heterocycles. The molecule has 25 heavy (non-hydrogen) atoms. The molecule has 1 amide bonds. The third kappa shape index (κ3) is 7.65. The molecule has 1 atom stereocenters. The van der Waals surface area contributed by atoms with Crippen LogP contribution in [0.15, 0.2) is 53.7 Å². The summed E-state index contributed by atoms with van der Waals surface area (Å²) in [4.78, 5) is 17.4. The van der Waals surface area contributed by atoms with Gasteiger partial charge in [-0.05, 0) is 41.3 Å². The van der Waals surface area contributed by atoms with E-state index < -0.39 is 6.04 Å². The second kappa shape index (κ2) is 10.7. The largest absolute Gasteiger partial charge is 0.325 e. The molecular weight excluding hydrogens is 377 g/mol. The van der Waals surface area contributed by atoms with Gasteiger partial charge in [0.05, 0.1) is 6.04 Å². The fraction of sp³-hybridized carbons (Fsp3) is 0.333. The predicted molar refractivity (Wildman–Crippen MR) is 111 cm³/mol. The molecule has 0 spiro atoms. The van der Waals surface area contributed by atoms with E-state index in [-0.39, 0.29) is 36.1 Å². The summed E-state index contributed by atoms with van der Waals surface area (Å²) >= 11 is 1.73. The molecule has 0 fully saturated rings. The van der Waals surface area contributed by atoms with Crippen molar-refractivity contribution in [2.45, 2.75) is 37.5 Å². The minimum Gasteiger partial charge on any atom is -0.325 e. The molecule has 0 saturated carbocycles. The molecule has 2 aromatic rings. The highest BCUT2D eigenvalue weighted by molar-refractivity contribution is 7.98. The van der Waals surface area contributed by atoms with Crippen molar-refractivity contribution < 1.29 is 4.79 Å². The van der Waals surface area contributed by atoms with Crippen LogP contribution in [-0.4, -0.2) is 16.9 Å². The van der Waals surface area contributed by atoms with Gasteiger partial charge in [-0.15, -0.1) is 36.6 Å². The van der Waals surface area contributed by atoms with Gasteiger partial charge in [0, 0.05) is 28.7 Å². The number of anilines is 1. The molecule has 0 saturated heterocycles. The predicted octanol–water partition coefficient (Wildman–Crippen LogP) is 4.53. The second-order valence-electron chi connectivity index (χ2n) is 6.51. The SMILES string of the molecule is CC(C)(C)[C@H](N)C(=O)Nc1ccc(SCc2cccnc2)cc1.Cl.Cl. The average molecular weight is 402 g/mol. The molecule has 4 nitrogen and oxygen atoms in total. The number of pyridine rings is 1. The Balaban J connectivity index is 0.00000288. The first kappa shape index (κ1) is 23.7. The summed E-state index contributed by atoms with van der Waals surface area (Å²) in [5, 5.41) is 2.87. The van der Waals surface area contributed by atoms with Gasteiger partial charge in [0.15, 0.2) is 0 Å². The van der Waals surface area contributed by atoms with Crippen LogP contribution < -0.4 is 11.1 Å². The summed E-state index contributed by atoms with van der Waals surface area (Å²) in [6.45, 7) is 5.86. The molecule has 1 heterocycles. The number of nitrogens with zero attached hydrogens (tertiary/aromatic N) is 1. The summed E-state index contributed by atoms with van der Waals surface area (Å²) < 4.78 is 0. The Hall–Kier alpha value is -1.27. The van der Waals surface area contributed by atoms with Gasteiger partial charge in [-0.2, -0.15) is 0 Å². The number of hydrogen-bond acceptors (Lipinski definition) is 4. The van der Waals surface area contributed by atoms with Gasteiger partial charge in [0.1, 0.15) is 0 Å². The fourth-order valence-electron chi connectivity index (χ4n) is 1.90. The van der Waals surface area contributed by atoms with Crippen LogP contribution >= 0.6 is 36.6 Å². The molecule has 138 valence electrons. The van der Waals surface area contributed by atoms with Gasteiger partial charge in [0.25, 0.3) is 0 Å². The number of thioether (sulfide) groups is 1. The Morgan fingerprint density at radius 3 is 2.36 bits per heavy atom. The van der Waals surface area contributed by atoms with Crippen molar-refractivity contribution in [3.63, 3.8) is 0 Å². The number of benzene rings is 1. The average Bonchev–Trinajstić information content (AvgIpc) is 2.53. The number of halogens is 2. The highest BCUT2D eigenvalue weighted by atomic mass is 35.5. The highest BCUT2D eigenvalue weighted by Crippen LogP contribution is 2.24. The van der Waals surface area contributed by atoms with Crippen LogP contribution in [0.25, 0.3) is 0 Å². The van der Waals surface area contributed by atoms with E-state index in [1.807, 2.05) is 57.3 Å². The Labute approximate surface area is 166 Å². The molecule has 0 radical (unpaired) electrons. The molecule has 0 aliphatic rings. The van der Waals surface area contributed by atoms with Crippen LogP contribution in [0.3, 0.4) is 0 Å². The molecule has 0 unspecified atom stereocenters. The maximum absolute atomic E-state index is 12.1. The lowest BCUT2D eigenvalue weighted by molar-refractivity contribution is -0.119. The number of nitrogens with two attached hydrogens (primary N) is 1. The summed E-state index contributed by atoms with van der Waals surface area (Å²) in [7, 11) is 0. The number of amides is 1. The molecule has 2 rings (SSSR count). The Morgan fingerprint density at radius 2 is 1.84 bits per heavy atom. The Morgan fingerprint density at radius 1 is 1.20 bits per heavy atom. The lowest BCUT2D eigenvalue weighted by Crippen LogP contribution is -2.45. The van der Waals surface area contributed by atoms with Crippen molar-refractivity contribution in [1.82, 2.24) is 4.98 Å². The van der Waals surface area contributed by atoms with E-state index in [1.165, 1.54) is 5.56 Å². The van der Waals surface area contributed by atoms with Crippen molar-refractivity contribution in [1.29, 1.82) is 0 Å². The number of aromatic nitrogens is 1. The lowest BCUT2D eigenvalue weighted by atomic mass is 9.87. The van der Waals surface area contributed by atoms with Crippen molar-refractivity contribution in [2.75, 3.05) is 5.32 Å². The van der Waals surface area contributed by atoms with Crippen LogP contribution in [0, 0.1) is 5.41 Å². The van der Waals surface area contributed by atoms with Crippen LogP contribution in [0.2, 0.25) is 0 Å². The third-order valence-corrected chi connectivity index (χ3v) is 4.55.